The smallest absolute Gasteiger partial charge is 0.155 e. The van der Waals surface area contributed by atoms with E-state index in [0.717, 1.165) is 23.8 Å². The lowest BCUT2D eigenvalue weighted by molar-refractivity contribution is -0.118. The van der Waals surface area contributed by atoms with E-state index in [1.54, 1.807) is 5.06 Å². The maximum absolute atomic E-state index is 14.0. The summed E-state index contributed by atoms with van der Waals surface area (Å²) < 4.78 is 27.4. The van der Waals surface area contributed by atoms with Crippen molar-refractivity contribution in [3.63, 3.8) is 0 Å². The van der Waals surface area contributed by atoms with E-state index in [1.807, 2.05) is 50.3 Å². The van der Waals surface area contributed by atoms with Gasteiger partial charge in [-0.05, 0) is 43.7 Å². The van der Waals surface area contributed by atoms with Gasteiger partial charge in [0.2, 0.25) is 0 Å². The van der Waals surface area contributed by atoms with Crippen LogP contribution in [0.25, 0.3) is 5.76 Å². The molecule has 0 saturated carbocycles. The lowest BCUT2D eigenvalue weighted by Gasteiger charge is -2.27. The van der Waals surface area contributed by atoms with Crippen molar-refractivity contribution in [2.24, 2.45) is 0 Å². The Balaban J connectivity index is 2.01. The monoisotopic (exact) mass is 301 g/mol. The van der Waals surface area contributed by atoms with E-state index in [-0.39, 0.29) is 17.6 Å². The third-order valence-electron chi connectivity index (χ3n) is 3.63. The Morgan fingerprint density at radius 1 is 1.05 bits per heavy atom. The first-order valence-electron chi connectivity index (χ1n) is 7.25. The highest BCUT2D eigenvalue weighted by Crippen LogP contribution is 2.37. The van der Waals surface area contributed by atoms with Gasteiger partial charge >= 0.3 is 0 Å². The van der Waals surface area contributed by atoms with Crippen molar-refractivity contribution in [3.8, 4) is 0 Å². The van der Waals surface area contributed by atoms with Gasteiger partial charge in [0.05, 0.1) is 11.6 Å². The van der Waals surface area contributed by atoms with Gasteiger partial charge in [0.15, 0.2) is 5.76 Å². The zero-order chi connectivity index (χ0) is 15.7. The summed E-state index contributed by atoms with van der Waals surface area (Å²) in [6.45, 7) is 3.99. The SMILES string of the molecule is CC(C)N1OC(c2cc(F)ccc2F)=CC1c1ccccc1. The predicted octanol–water partition coefficient (Wildman–Crippen LogP) is 4.70. The zero-order valence-electron chi connectivity index (χ0n) is 12.5. The largest absolute Gasteiger partial charge is 0.404 e. The van der Waals surface area contributed by atoms with Crippen molar-refractivity contribution in [1.29, 1.82) is 0 Å². The molecule has 22 heavy (non-hydrogen) atoms. The quantitative estimate of drug-likeness (QED) is 0.814. The third kappa shape index (κ3) is 2.74. The molecule has 0 fully saturated rings. The highest BCUT2D eigenvalue weighted by atomic mass is 19.1. The van der Waals surface area contributed by atoms with Gasteiger partial charge in [0, 0.05) is 6.04 Å². The second kappa shape index (κ2) is 5.89. The minimum absolute atomic E-state index is 0.0931. The Hall–Kier alpha value is -2.20. The van der Waals surface area contributed by atoms with Crippen LogP contribution in [0.4, 0.5) is 8.78 Å². The van der Waals surface area contributed by atoms with Gasteiger partial charge in [0.1, 0.15) is 11.6 Å². The summed E-state index contributed by atoms with van der Waals surface area (Å²) in [6, 6.07) is 13.2. The van der Waals surface area contributed by atoms with Crippen LogP contribution in [0.2, 0.25) is 0 Å². The van der Waals surface area contributed by atoms with Crippen LogP contribution in [-0.4, -0.2) is 11.1 Å². The summed E-state index contributed by atoms with van der Waals surface area (Å²) in [5, 5.41) is 1.79. The molecule has 0 aliphatic carbocycles. The van der Waals surface area contributed by atoms with Gasteiger partial charge in [-0.15, -0.1) is 5.06 Å². The zero-order valence-corrected chi connectivity index (χ0v) is 12.5. The van der Waals surface area contributed by atoms with Gasteiger partial charge in [-0.2, -0.15) is 0 Å². The fourth-order valence-corrected chi connectivity index (χ4v) is 2.56. The highest BCUT2D eigenvalue weighted by molar-refractivity contribution is 5.63. The average Bonchev–Trinajstić information content (AvgIpc) is 2.96. The first kappa shape index (κ1) is 14.7. The molecule has 4 heteroatoms. The Morgan fingerprint density at radius 2 is 1.77 bits per heavy atom. The van der Waals surface area contributed by atoms with Crippen LogP contribution in [-0.2, 0) is 4.84 Å². The minimum atomic E-state index is -0.495. The van der Waals surface area contributed by atoms with Crippen molar-refractivity contribution in [1.82, 2.24) is 5.06 Å². The lowest BCUT2D eigenvalue weighted by atomic mass is 10.0. The summed E-state index contributed by atoms with van der Waals surface area (Å²) in [5.74, 6) is -0.634. The number of hydrogen-bond donors (Lipinski definition) is 0. The standard InChI is InChI=1S/C18H17F2NO/c1-12(2)21-17(13-6-4-3-5-7-13)11-18(22-21)15-10-14(19)8-9-16(15)20/h3-12,17H,1-2H3. The van der Waals surface area contributed by atoms with Crippen molar-refractivity contribution >= 4 is 5.76 Å². The first-order valence-corrected chi connectivity index (χ1v) is 7.25. The summed E-state index contributed by atoms with van der Waals surface area (Å²) in [6.07, 6.45) is 1.83. The topological polar surface area (TPSA) is 12.5 Å². The number of halogens is 2. The van der Waals surface area contributed by atoms with Crippen LogP contribution in [0, 0.1) is 11.6 Å². The summed E-state index contributed by atoms with van der Waals surface area (Å²) >= 11 is 0. The Labute approximate surface area is 128 Å². The van der Waals surface area contributed by atoms with Gasteiger partial charge in [-0.3, -0.25) is 0 Å². The molecule has 1 atom stereocenters. The van der Waals surface area contributed by atoms with Crippen LogP contribution in [0.5, 0.6) is 0 Å². The van der Waals surface area contributed by atoms with E-state index >= 15 is 0 Å². The van der Waals surface area contributed by atoms with Crippen LogP contribution in [0.15, 0.2) is 54.6 Å². The van der Waals surface area contributed by atoms with Gasteiger partial charge in [0.25, 0.3) is 0 Å². The van der Waals surface area contributed by atoms with Crippen LogP contribution >= 0.6 is 0 Å². The van der Waals surface area contributed by atoms with Crippen LogP contribution < -0.4 is 0 Å². The van der Waals surface area contributed by atoms with E-state index in [9.17, 15) is 8.78 Å². The molecule has 0 amide bonds. The molecule has 1 unspecified atom stereocenters. The summed E-state index contributed by atoms with van der Waals surface area (Å²) in [4.78, 5) is 5.80. The fourth-order valence-electron chi connectivity index (χ4n) is 2.56. The van der Waals surface area contributed by atoms with E-state index in [4.69, 9.17) is 4.84 Å². The van der Waals surface area contributed by atoms with Crippen LogP contribution in [0.3, 0.4) is 0 Å². The molecular weight excluding hydrogens is 284 g/mol. The number of rotatable bonds is 3. The number of benzene rings is 2. The molecule has 2 nitrogen and oxygen atoms in total. The molecule has 2 aromatic rings. The molecule has 0 saturated heterocycles. The van der Waals surface area contributed by atoms with Crippen molar-refractivity contribution in [2.45, 2.75) is 25.9 Å². The average molecular weight is 301 g/mol. The second-order valence-electron chi connectivity index (χ2n) is 5.56. The molecule has 1 aliphatic heterocycles. The highest BCUT2D eigenvalue weighted by Gasteiger charge is 2.32. The van der Waals surface area contributed by atoms with E-state index in [1.165, 1.54) is 0 Å². The van der Waals surface area contributed by atoms with Gasteiger partial charge in [-0.1, -0.05) is 30.3 Å². The molecule has 0 bridgehead atoms. The molecule has 0 radical (unpaired) electrons. The molecule has 2 aromatic carbocycles. The molecule has 0 spiro atoms. The lowest BCUT2D eigenvalue weighted by Crippen LogP contribution is -2.29. The third-order valence-corrected chi connectivity index (χ3v) is 3.63. The van der Waals surface area contributed by atoms with Crippen molar-refractivity contribution < 1.29 is 13.6 Å². The number of hydrogen-bond acceptors (Lipinski definition) is 2. The van der Waals surface area contributed by atoms with Crippen molar-refractivity contribution in [2.75, 3.05) is 0 Å². The molecule has 114 valence electrons. The Morgan fingerprint density at radius 3 is 2.45 bits per heavy atom. The normalized spacial score (nSPS) is 18.4. The molecule has 3 rings (SSSR count). The Kier molecular flexibility index (Phi) is 3.94. The predicted molar refractivity (Wildman–Crippen MR) is 81.6 cm³/mol. The second-order valence-corrected chi connectivity index (χ2v) is 5.56. The minimum Gasteiger partial charge on any atom is -0.404 e. The molecule has 0 N–H and O–H groups in total. The van der Waals surface area contributed by atoms with Gasteiger partial charge < -0.3 is 4.84 Å². The maximum atomic E-state index is 14.0. The van der Waals surface area contributed by atoms with E-state index in [0.29, 0.717) is 5.76 Å². The van der Waals surface area contributed by atoms with Crippen LogP contribution in [0.1, 0.15) is 31.0 Å². The molecule has 0 aromatic heterocycles. The molecular formula is C18H17F2NO. The summed E-state index contributed by atoms with van der Waals surface area (Å²) in [7, 11) is 0. The number of nitrogens with zero attached hydrogens (tertiary/aromatic N) is 1. The molecule has 1 heterocycles. The first-order chi connectivity index (χ1) is 10.6. The van der Waals surface area contributed by atoms with E-state index in [2.05, 4.69) is 0 Å². The van der Waals surface area contributed by atoms with Crippen molar-refractivity contribution in [3.05, 3.63) is 77.4 Å². The maximum Gasteiger partial charge on any atom is 0.155 e. The number of hydroxylamine groups is 2. The fraction of sp³-hybridized carbons (Fsp3) is 0.222. The van der Waals surface area contributed by atoms with E-state index < -0.39 is 11.6 Å². The Bertz CT molecular complexity index is 697. The summed E-state index contributed by atoms with van der Waals surface area (Å²) in [5.41, 5.74) is 1.19. The molecule has 1 aliphatic rings. The van der Waals surface area contributed by atoms with Gasteiger partial charge in [-0.25, -0.2) is 8.78 Å².